The van der Waals surface area contributed by atoms with E-state index >= 15 is 0 Å². The molecule has 0 saturated carbocycles. The van der Waals surface area contributed by atoms with Crippen molar-refractivity contribution in [3.8, 4) is 5.75 Å². The van der Waals surface area contributed by atoms with E-state index in [-0.39, 0.29) is 6.04 Å². The molecule has 0 radical (unpaired) electrons. The van der Waals surface area contributed by atoms with E-state index in [2.05, 4.69) is 47.9 Å². The summed E-state index contributed by atoms with van der Waals surface area (Å²) in [6.07, 6.45) is 2.40. The molecule has 2 rings (SSSR count). The summed E-state index contributed by atoms with van der Waals surface area (Å²) in [5.74, 6) is 2.35. The lowest BCUT2D eigenvalue weighted by atomic mass is 10.00. The van der Waals surface area contributed by atoms with Gasteiger partial charge in [0, 0.05) is 13.1 Å². The van der Waals surface area contributed by atoms with Gasteiger partial charge in [0.25, 0.3) is 0 Å². The number of likely N-dealkylation sites (N-methyl/N-ethyl adjacent to an activating group) is 1. The maximum Gasteiger partial charge on any atom is 0.191 e. The molecule has 1 aromatic rings. The van der Waals surface area contributed by atoms with Crippen molar-refractivity contribution in [2.24, 2.45) is 16.6 Å². The molecule has 0 aromatic heterocycles. The summed E-state index contributed by atoms with van der Waals surface area (Å²) >= 11 is 0. The third-order valence-electron chi connectivity index (χ3n) is 4.66. The second kappa shape index (κ2) is 8.20. The summed E-state index contributed by atoms with van der Waals surface area (Å²) in [6.45, 7) is 5.00. The molecule has 128 valence electrons. The molecule has 2 N–H and O–H groups in total. The zero-order valence-corrected chi connectivity index (χ0v) is 14.8. The second-order valence-electron chi connectivity index (χ2n) is 6.62. The Morgan fingerprint density at radius 2 is 1.91 bits per heavy atom. The van der Waals surface area contributed by atoms with Crippen molar-refractivity contribution in [2.75, 3.05) is 40.8 Å². The highest BCUT2D eigenvalue weighted by Crippen LogP contribution is 2.22. The van der Waals surface area contributed by atoms with Crippen LogP contribution in [0.2, 0.25) is 0 Å². The highest BCUT2D eigenvalue weighted by atomic mass is 16.5. The van der Waals surface area contributed by atoms with Gasteiger partial charge in [-0.25, -0.2) is 0 Å². The van der Waals surface area contributed by atoms with Crippen LogP contribution >= 0.6 is 0 Å². The topological polar surface area (TPSA) is 54.1 Å². The number of nitrogens with zero attached hydrogens (tertiary/aromatic N) is 3. The van der Waals surface area contributed by atoms with Gasteiger partial charge < -0.3 is 20.3 Å². The first-order valence-electron chi connectivity index (χ1n) is 8.36. The number of nitrogens with two attached hydrogens (primary N) is 1. The largest absolute Gasteiger partial charge is 0.497 e. The van der Waals surface area contributed by atoms with Crippen molar-refractivity contribution in [2.45, 2.75) is 25.8 Å². The average Bonchev–Trinajstić information content (AvgIpc) is 2.55. The predicted octanol–water partition coefficient (Wildman–Crippen LogP) is 2.34. The predicted molar refractivity (Wildman–Crippen MR) is 95.9 cm³/mol. The molecular formula is C18H30N4O. The van der Waals surface area contributed by atoms with Gasteiger partial charge in [0.1, 0.15) is 5.75 Å². The Morgan fingerprint density at radius 1 is 1.30 bits per heavy atom. The number of benzene rings is 1. The lowest BCUT2D eigenvalue weighted by Crippen LogP contribution is -2.43. The monoisotopic (exact) mass is 318 g/mol. The fourth-order valence-corrected chi connectivity index (χ4v) is 2.91. The molecule has 1 aliphatic heterocycles. The zero-order valence-electron chi connectivity index (χ0n) is 14.8. The highest BCUT2D eigenvalue weighted by Gasteiger charge is 2.18. The molecule has 23 heavy (non-hydrogen) atoms. The summed E-state index contributed by atoms with van der Waals surface area (Å²) < 4.78 is 5.23. The lowest BCUT2D eigenvalue weighted by molar-refractivity contribution is 0.274. The quantitative estimate of drug-likeness (QED) is 0.669. The van der Waals surface area contributed by atoms with Gasteiger partial charge in [-0.05, 0) is 50.6 Å². The number of likely N-dealkylation sites (tertiary alicyclic amines) is 1. The number of rotatable bonds is 5. The summed E-state index contributed by atoms with van der Waals surface area (Å²) in [6, 6.07) is 8.38. The maximum absolute atomic E-state index is 6.20. The standard InChI is InChI=1S/C18H30N4O/c1-14-9-11-22(12-10-14)18(19)20-13-17(21(2)3)15-5-7-16(23-4)8-6-15/h5-8,14,17H,9-13H2,1-4H3,(H2,19,20). The smallest absolute Gasteiger partial charge is 0.191 e. The molecule has 1 heterocycles. The Balaban J connectivity index is 2.02. The van der Waals surface area contributed by atoms with Gasteiger partial charge in [-0.2, -0.15) is 0 Å². The van der Waals surface area contributed by atoms with E-state index in [0.717, 1.165) is 24.8 Å². The van der Waals surface area contributed by atoms with E-state index in [1.165, 1.54) is 18.4 Å². The fourth-order valence-electron chi connectivity index (χ4n) is 2.91. The van der Waals surface area contributed by atoms with E-state index < -0.39 is 0 Å². The number of piperidine rings is 1. The van der Waals surface area contributed by atoms with Crippen LogP contribution in [0.3, 0.4) is 0 Å². The fraction of sp³-hybridized carbons (Fsp3) is 0.611. The summed E-state index contributed by atoms with van der Waals surface area (Å²) in [5, 5.41) is 0. The van der Waals surface area contributed by atoms with E-state index in [1.54, 1.807) is 7.11 Å². The van der Waals surface area contributed by atoms with Crippen LogP contribution in [0, 0.1) is 5.92 Å². The maximum atomic E-state index is 6.20. The normalized spacial score (nSPS) is 18.3. The van der Waals surface area contributed by atoms with Gasteiger partial charge in [0.2, 0.25) is 0 Å². The minimum Gasteiger partial charge on any atom is -0.497 e. The molecule has 1 aliphatic rings. The third kappa shape index (κ3) is 4.86. The van der Waals surface area contributed by atoms with E-state index in [0.29, 0.717) is 12.5 Å². The second-order valence-corrected chi connectivity index (χ2v) is 6.62. The molecular weight excluding hydrogens is 288 g/mol. The Bertz CT molecular complexity index is 504. The van der Waals surface area contributed by atoms with Gasteiger partial charge in [-0.1, -0.05) is 19.1 Å². The first-order valence-corrected chi connectivity index (χ1v) is 8.36. The van der Waals surface area contributed by atoms with Gasteiger partial charge in [-0.3, -0.25) is 4.99 Å². The van der Waals surface area contributed by atoms with Crippen LogP contribution in [0.4, 0.5) is 0 Å². The Kier molecular flexibility index (Phi) is 6.28. The van der Waals surface area contributed by atoms with Crippen molar-refractivity contribution in [1.29, 1.82) is 0 Å². The number of ether oxygens (including phenoxy) is 1. The van der Waals surface area contributed by atoms with Crippen molar-refractivity contribution >= 4 is 5.96 Å². The number of methoxy groups -OCH3 is 1. The molecule has 1 aromatic carbocycles. The Hall–Kier alpha value is -1.75. The summed E-state index contributed by atoms with van der Waals surface area (Å²) in [7, 11) is 5.83. The molecule has 0 amide bonds. The van der Waals surface area contributed by atoms with E-state index in [1.807, 2.05) is 12.1 Å². The zero-order chi connectivity index (χ0) is 16.8. The highest BCUT2D eigenvalue weighted by molar-refractivity contribution is 5.78. The average molecular weight is 318 g/mol. The van der Waals surface area contributed by atoms with E-state index in [4.69, 9.17) is 10.5 Å². The lowest BCUT2D eigenvalue weighted by Gasteiger charge is -2.31. The van der Waals surface area contributed by atoms with Gasteiger partial charge in [-0.15, -0.1) is 0 Å². The van der Waals surface area contributed by atoms with Crippen LogP contribution in [0.15, 0.2) is 29.3 Å². The Labute approximate surface area is 140 Å². The molecule has 0 bridgehead atoms. The minimum absolute atomic E-state index is 0.211. The molecule has 5 heteroatoms. The Morgan fingerprint density at radius 3 is 2.43 bits per heavy atom. The molecule has 0 aliphatic carbocycles. The number of hydrogen-bond donors (Lipinski definition) is 1. The van der Waals surface area contributed by atoms with Crippen molar-refractivity contribution < 1.29 is 4.74 Å². The molecule has 1 unspecified atom stereocenters. The van der Waals surface area contributed by atoms with Crippen molar-refractivity contribution in [1.82, 2.24) is 9.80 Å². The van der Waals surface area contributed by atoms with Gasteiger partial charge in [0.15, 0.2) is 5.96 Å². The number of aliphatic imine (C=N–C) groups is 1. The van der Waals surface area contributed by atoms with Crippen LogP contribution in [-0.2, 0) is 0 Å². The first kappa shape index (κ1) is 17.6. The molecule has 1 atom stereocenters. The summed E-state index contributed by atoms with van der Waals surface area (Å²) in [5.41, 5.74) is 7.43. The van der Waals surface area contributed by atoms with Crippen LogP contribution in [0.25, 0.3) is 0 Å². The summed E-state index contributed by atoms with van der Waals surface area (Å²) in [4.78, 5) is 9.05. The molecule has 1 saturated heterocycles. The molecule has 1 fully saturated rings. The van der Waals surface area contributed by atoms with Crippen LogP contribution < -0.4 is 10.5 Å². The SMILES string of the molecule is COc1ccc(C(CN=C(N)N2CCC(C)CC2)N(C)C)cc1. The van der Waals surface area contributed by atoms with Gasteiger partial charge in [0.05, 0.1) is 19.7 Å². The number of hydrogen-bond acceptors (Lipinski definition) is 3. The van der Waals surface area contributed by atoms with Crippen LogP contribution in [0.1, 0.15) is 31.4 Å². The van der Waals surface area contributed by atoms with E-state index in [9.17, 15) is 0 Å². The third-order valence-corrected chi connectivity index (χ3v) is 4.66. The molecule has 0 spiro atoms. The molecule has 5 nitrogen and oxygen atoms in total. The van der Waals surface area contributed by atoms with Crippen molar-refractivity contribution in [3.05, 3.63) is 29.8 Å². The van der Waals surface area contributed by atoms with Crippen LogP contribution in [0.5, 0.6) is 5.75 Å². The van der Waals surface area contributed by atoms with Crippen LogP contribution in [-0.4, -0.2) is 56.6 Å². The minimum atomic E-state index is 0.211. The van der Waals surface area contributed by atoms with Crippen molar-refractivity contribution in [3.63, 3.8) is 0 Å². The van der Waals surface area contributed by atoms with Gasteiger partial charge >= 0.3 is 0 Å². The first-order chi connectivity index (χ1) is 11.0. The number of guanidine groups is 1.